The fourth-order valence-corrected chi connectivity index (χ4v) is 4.42. The molecule has 2 unspecified atom stereocenters. The first-order valence-electron chi connectivity index (χ1n) is 11.7. The van der Waals surface area contributed by atoms with Crippen LogP contribution >= 0.6 is 0 Å². The van der Waals surface area contributed by atoms with Crippen molar-refractivity contribution in [1.29, 1.82) is 0 Å². The van der Waals surface area contributed by atoms with E-state index in [9.17, 15) is 22.8 Å². The van der Waals surface area contributed by atoms with Crippen LogP contribution < -0.4 is 15.0 Å². The number of halogens is 3. The van der Waals surface area contributed by atoms with Gasteiger partial charge in [0.25, 0.3) is 5.91 Å². The summed E-state index contributed by atoms with van der Waals surface area (Å²) >= 11 is 0. The minimum atomic E-state index is -4.62. The van der Waals surface area contributed by atoms with E-state index in [4.69, 9.17) is 4.74 Å². The van der Waals surface area contributed by atoms with Gasteiger partial charge in [-0.05, 0) is 44.4 Å². The number of benzene rings is 1. The van der Waals surface area contributed by atoms with Gasteiger partial charge in [0.05, 0.1) is 11.1 Å². The van der Waals surface area contributed by atoms with E-state index in [-0.39, 0.29) is 23.5 Å². The van der Waals surface area contributed by atoms with Crippen molar-refractivity contribution in [3.05, 3.63) is 47.5 Å². The Bertz CT molecular complexity index is 1050. The van der Waals surface area contributed by atoms with E-state index in [0.717, 1.165) is 12.5 Å². The number of hydrogen-bond acceptors (Lipinski definition) is 6. The van der Waals surface area contributed by atoms with Crippen molar-refractivity contribution in [2.24, 2.45) is 5.92 Å². The van der Waals surface area contributed by atoms with Crippen molar-refractivity contribution in [2.45, 2.75) is 51.4 Å². The van der Waals surface area contributed by atoms with E-state index in [1.54, 1.807) is 19.9 Å². The Kier molecular flexibility index (Phi) is 7.13. The molecule has 2 atom stereocenters. The summed E-state index contributed by atoms with van der Waals surface area (Å²) in [4.78, 5) is 28.4. The largest absolute Gasteiger partial charge is 0.417 e. The van der Waals surface area contributed by atoms with Crippen molar-refractivity contribution in [3.8, 4) is 5.88 Å². The molecule has 1 aromatic carbocycles. The number of nitrogens with zero attached hydrogens (tertiary/aromatic N) is 4. The smallest absolute Gasteiger partial charge is 0.390 e. The fourth-order valence-electron chi connectivity index (χ4n) is 4.42. The van der Waals surface area contributed by atoms with E-state index in [2.05, 4.69) is 15.5 Å². The van der Waals surface area contributed by atoms with Gasteiger partial charge in [0.1, 0.15) is 0 Å². The number of rotatable bonds is 6. The van der Waals surface area contributed by atoms with Crippen LogP contribution in [0.3, 0.4) is 0 Å². The standard InChI is InChI=1S/C24H28F3N5O3/c1-15-13-31(20-9-10-21(30-29-20)35-23(34)28-12-11-17-7-8-17)14-16(2)32(15)22(33)18-5-3-4-6-19(18)24(25,26)27/h3-6,9-10,15-17H,7-8,11-14H2,1-2H3,(H,28,34). The summed E-state index contributed by atoms with van der Waals surface area (Å²) in [6.07, 6.45) is -1.84. The number of piperazine rings is 1. The van der Waals surface area contributed by atoms with Gasteiger partial charge in [-0.25, -0.2) is 4.79 Å². The maximum atomic E-state index is 13.4. The van der Waals surface area contributed by atoms with Crippen LogP contribution in [0, 0.1) is 5.92 Å². The molecule has 1 aromatic heterocycles. The van der Waals surface area contributed by atoms with Crippen molar-refractivity contribution in [1.82, 2.24) is 20.4 Å². The van der Waals surface area contributed by atoms with Gasteiger partial charge < -0.3 is 19.9 Å². The molecule has 1 N–H and O–H groups in total. The minimum absolute atomic E-state index is 0.0661. The summed E-state index contributed by atoms with van der Waals surface area (Å²) in [5, 5.41) is 10.8. The summed E-state index contributed by atoms with van der Waals surface area (Å²) in [5.41, 5.74) is -1.30. The summed E-state index contributed by atoms with van der Waals surface area (Å²) < 4.78 is 45.4. The van der Waals surface area contributed by atoms with Crippen molar-refractivity contribution >= 4 is 17.8 Å². The third-order valence-corrected chi connectivity index (χ3v) is 6.28. The Morgan fingerprint density at radius 2 is 1.74 bits per heavy atom. The molecule has 2 amide bonds. The third-order valence-electron chi connectivity index (χ3n) is 6.28. The highest BCUT2D eigenvalue weighted by molar-refractivity contribution is 5.96. The second-order valence-electron chi connectivity index (χ2n) is 9.14. The molecule has 2 aliphatic rings. The van der Waals surface area contributed by atoms with E-state index < -0.39 is 23.7 Å². The Morgan fingerprint density at radius 3 is 2.34 bits per heavy atom. The molecule has 0 bridgehead atoms. The molecule has 2 heterocycles. The first kappa shape index (κ1) is 24.7. The molecule has 1 saturated carbocycles. The Labute approximate surface area is 201 Å². The predicted molar refractivity (Wildman–Crippen MR) is 122 cm³/mol. The molecule has 1 aliphatic heterocycles. The average molecular weight is 492 g/mol. The van der Waals surface area contributed by atoms with Crippen molar-refractivity contribution in [2.75, 3.05) is 24.5 Å². The van der Waals surface area contributed by atoms with Crippen LogP contribution in [0.15, 0.2) is 36.4 Å². The zero-order chi connectivity index (χ0) is 25.2. The Hall–Kier alpha value is -3.37. The number of carbonyl (C=O) groups is 2. The van der Waals surface area contributed by atoms with Gasteiger partial charge >= 0.3 is 12.3 Å². The number of hydrogen-bond donors (Lipinski definition) is 1. The van der Waals surface area contributed by atoms with Crippen LogP contribution in [0.2, 0.25) is 0 Å². The van der Waals surface area contributed by atoms with Gasteiger partial charge in [0.2, 0.25) is 5.88 Å². The molecule has 0 spiro atoms. The van der Waals surface area contributed by atoms with Gasteiger partial charge in [-0.15, -0.1) is 10.2 Å². The molecule has 0 radical (unpaired) electrons. The molecule has 8 nitrogen and oxygen atoms in total. The molecule has 2 fully saturated rings. The molecular weight excluding hydrogens is 463 g/mol. The molecule has 4 rings (SSSR count). The van der Waals surface area contributed by atoms with Crippen LogP contribution in [-0.4, -0.2) is 58.8 Å². The lowest BCUT2D eigenvalue weighted by atomic mass is 10.0. The highest BCUT2D eigenvalue weighted by atomic mass is 19.4. The van der Waals surface area contributed by atoms with Gasteiger partial charge in [0, 0.05) is 37.8 Å². The molecule has 11 heteroatoms. The number of carbonyl (C=O) groups excluding carboxylic acids is 2. The van der Waals surface area contributed by atoms with Crippen LogP contribution in [0.1, 0.15) is 49.0 Å². The fraction of sp³-hybridized carbons (Fsp3) is 0.500. The summed E-state index contributed by atoms with van der Waals surface area (Å²) in [6, 6.07) is 7.29. The van der Waals surface area contributed by atoms with Crippen LogP contribution in [0.5, 0.6) is 5.88 Å². The predicted octanol–water partition coefficient (Wildman–Crippen LogP) is 4.12. The van der Waals surface area contributed by atoms with Gasteiger partial charge in [-0.1, -0.05) is 25.0 Å². The Morgan fingerprint density at radius 1 is 1.06 bits per heavy atom. The lowest BCUT2D eigenvalue weighted by Gasteiger charge is -2.45. The highest BCUT2D eigenvalue weighted by Gasteiger charge is 2.39. The molecule has 188 valence electrons. The summed E-state index contributed by atoms with van der Waals surface area (Å²) in [7, 11) is 0. The second-order valence-corrected chi connectivity index (χ2v) is 9.14. The average Bonchev–Trinajstić information content (AvgIpc) is 3.63. The monoisotopic (exact) mass is 491 g/mol. The van der Waals surface area contributed by atoms with E-state index in [1.807, 2.05) is 4.90 Å². The minimum Gasteiger partial charge on any atom is -0.390 e. The Balaban J connectivity index is 1.38. The van der Waals surface area contributed by atoms with Crippen LogP contribution in [0.25, 0.3) is 0 Å². The zero-order valence-electron chi connectivity index (χ0n) is 19.6. The highest BCUT2D eigenvalue weighted by Crippen LogP contribution is 2.34. The summed E-state index contributed by atoms with van der Waals surface area (Å²) in [5.74, 6) is 0.638. The van der Waals surface area contributed by atoms with E-state index >= 15 is 0 Å². The third kappa shape index (κ3) is 6.01. The number of anilines is 1. The molecule has 2 aromatic rings. The van der Waals surface area contributed by atoms with Crippen molar-refractivity contribution in [3.63, 3.8) is 0 Å². The topological polar surface area (TPSA) is 87.7 Å². The second kappa shape index (κ2) is 10.1. The van der Waals surface area contributed by atoms with Crippen LogP contribution in [0.4, 0.5) is 23.8 Å². The number of nitrogens with one attached hydrogen (secondary N) is 1. The lowest BCUT2D eigenvalue weighted by molar-refractivity contribution is -0.138. The lowest BCUT2D eigenvalue weighted by Crippen LogP contribution is -2.59. The SMILES string of the molecule is CC1CN(c2ccc(OC(=O)NCCC3CC3)nn2)CC(C)N1C(=O)c1ccccc1C(F)(F)F. The maximum absolute atomic E-state index is 13.4. The molecule has 1 aliphatic carbocycles. The zero-order valence-corrected chi connectivity index (χ0v) is 19.6. The summed E-state index contributed by atoms with van der Waals surface area (Å²) in [6.45, 7) is 4.85. The number of alkyl halides is 3. The quantitative estimate of drug-likeness (QED) is 0.654. The number of ether oxygens (including phenoxy) is 1. The molecule has 35 heavy (non-hydrogen) atoms. The van der Waals surface area contributed by atoms with Crippen molar-refractivity contribution < 1.29 is 27.5 Å². The number of aromatic nitrogens is 2. The molecular formula is C24H28F3N5O3. The first-order chi connectivity index (χ1) is 16.6. The van der Waals surface area contributed by atoms with Gasteiger partial charge in [-0.3, -0.25) is 4.79 Å². The normalized spacial score (nSPS) is 20.5. The number of amides is 2. The van der Waals surface area contributed by atoms with Crippen LogP contribution in [-0.2, 0) is 6.18 Å². The maximum Gasteiger partial charge on any atom is 0.417 e. The molecule has 1 saturated heterocycles. The van der Waals surface area contributed by atoms with E-state index in [0.29, 0.717) is 31.4 Å². The van der Waals surface area contributed by atoms with Gasteiger partial charge in [0.15, 0.2) is 5.82 Å². The first-order valence-corrected chi connectivity index (χ1v) is 11.7. The van der Waals surface area contributed by atoms with Gasteiger partial charge in [-0.2, -0.15) is 13.2 Å². The van der Waals surface area contributed by atoms with E-state index in [1.165, 1.54) is 42.0 Å².